The van der Waals surface area contributed by atoms with Crippen molar-refractivity contribution in [2.24, 2.45) is 0 Å². The Morgan fingerprint density at radius 2 is 1.50 bits per heavy atom. The summed E-state index contributed by atoms with van der Waals surface area (Å²) in [7, 11) is 0. The molecule has 0 saturated heterocycles. The maximum absolute atomic E-state index is 12.5. The van der Waals surface area contributed by atoms with Gasteiger partial charge in [-0.05, 0) is 75.2 Å². The average Bonchev–Trinajstić information content (AvgIpc) is 2.70. The predicted molar refractivity (Wildman–Crippen MR) is 114 cm³/mol. The minimum Gasteiger partial charge on any atom is -0.494 e. The highest BCUT2D eigenvalue weighted by Crippen LogP contribution is 2.32. The first-order valence-corrected chi connectivity index (χ1v) is 9.61. The van der Waals surface area contributed by atoms with Crippen molar-refractivity contribution < 1.29 is 19.0 Å². The molecule has 0 spiro atoms. The summed E-state index contributed by atoms with van der Waals surface area (Å²) in [4.78, 5) is 12.5. The van der Waals surface area contributed by atoms with Crippen LogP contribution in [0.1, 0.15) is 42.3 Å². The third-order valence-electron chi connectivity index (χ3n) is 4.02. The lowest BCUT2D eigenvalue weighted by molar-refractivity contribution is 0.104. The van der Waals surface area contributed by atoms with Crippen LogP contribution in [0.2, 0.25) is 0 Å². The number of allylic oxidation sites excluding steroid dienone is 2. The Balaban J connectivity index is 2.27. The molecule has 148 valence electrons. The Morgan fingerprint density at radius 1 is 0.929 bits per heavy atom. The standard InChI is InChI=1S/C24H28O4/c1-5-9-21-23(27-7-3)16-18(17-24(21)28-8-4)10-15-22(25)19-11-13-20(14-12-19)26-6-2/h5,10-17H,1,6-9H2,2-4H3. The van der Waals surface area contributed by atoms with Gasteiger partial charge >= 0.3 is 0 Å². The van der Waals surface area contributed by atoms with E-state index in [2.05, 4.69) is 6.58 Å². The maximum atomic E-state index is 12.5. The van der Waals surface area contributed by atoms with E-state index in [-0.39, 0.29) is 5.78 Å². The molecule has 0 amide bonds. The highest BCUT2D eigenvalue weighted by Gasteiger charge is 2.12. The normalized spacial score (nSPS) is 10.7. The largest absolute Gasteiger partial charge is 0.494 e. The van der Waals surface area contributed by atoms with Gasteiger partial charge in [-0.1, -0.05) is 12.2 Å². The number of ketones is 1. The average molecular weight is 380 g/mol. The molecule has 0 bridgehead atoms. The number of hydrogen-bond donors (Lipinski definition) is 0. The lowest BCUT2D eigenvalue weighted by Crippen LogP contribution is -2.02. The van der Waals surface area contributed by atoms with Gasteiger partial charge in [-0.3, -0.25) is 4.79 Å². The summed E-state index contributed by atoms with van der Waals surface area (Å²) in [5, 5.41) is 0. The van der Waals surface area contributed by atoms with E-state index in [0.29, 0.717) is 31.8 Å². The van der Waals surface area contributed by atoms with E-state index in [1.165, 1.54) is 0 Å². The molecule has 2 aromatic carbocycles. The zero-order chi connectivity index (χ0) is 20.4. The summed E-state index contributed by atoms with van der Waals surface area (Å²) in [5.74, 6) is 2.18. The van der Waals surface area contributed by atoms with Crippen LogP contribution in [-0.2, 0) is 6.42 Å². The van der Waals surface area contributed by atoms with E-state index in [1.807, 2.05) is 39.0 Å². The van der Waals surface area contributed by atoms with Gasteiger partial charge in [-0.2, -0.15) is 0 Å². The molecule has 4 nitrogen and oxygen atoms in total. The van der Waals surface area contributed by atoms with E-state index < -0.39 is 0 Å². The number of carbonyl (C=O) groups excluding carboxylic acids is 1. The molecule has 28 heavy (non-hydrogen) atoms. The number of hydrogen-bond acceptors (Lipinski definition) is 4. The summed E-state index contributed by atoms with van der Waals surface area (Å²) in [6, 6.07) is 11.0. The molecule has 2 aromatic rings. The SMILES string of the molecule is C=CCc1c(OCC)cc(C=CC(=O)c2ccc(OCC)cc2)cc1OCC. The van der Waals surface area contributed by atoms with Crippen LogP contribution in [0.5, 0.6) is 17.2 Å². The van der Waals surface area contributed by atoms with Gasteiger partial charge in [0.2, 0.25) is 0 Å². The quantitative estimate of drug-likeness (QED) is 0.293. The summed E-state index contributed by atoms with van der Waals surface area (Å²) in [5.41, 5.74) is 2.42. The second kappa shape index (κ2) is 11.0. The van der Waals surface area contributed by atoms with Crippen LogP contribution in [-0.4, -0.2) is 25.6 Å². The molecule has 0 atom stereocenters. The van der Waals surface area contributed by atoms with Gasteiger partial charge in [-0.15, -0.1) is 6.58 Å². The third-order valence-corrected chi connectivity index (χ3v) is 4.02. The summed E-state index contributed by atoms with van der Waals surface area (Å²) in [6.07, 6.45) is 5.82. The molecule has 2 rings (SSSR count). The molecule has 0 fully saturated rings. The number of benzene rings is 2. The first-order valence-electron chi connectivity index (χ1n) is 9.61. The van der Waals surface area contributed by atoms with E-state index in [0.717, 1.165) is 28.4 Å². The number of rotatable bonds is 11. The molecule has 0 heterocycles. The number of ether oxygens (including phenoxy) is 3. The Morgan fingerprint density at radius 3 is 2.00 bits per heavy atom. The highest BCUT2D eigenvalue weighted by atomic mass is 16.5. The van der Waals surface area contributed by atoms with Crippen LogP contribution in [0.25, 0.3) is 6.08 Å². The van der Waals surface area contributed by atoms with E-state index in [9.17, 15) is 4.79 Å². The van der Waals surface area contributed by atoms with Crippen molar-refractivity contribution in [3.63, 3.8) is 0 Å². The second-order valence-corrected chi connectivity index (χ2v) is 6.01. The van der Waals surface area contributed by atoms with Crippen molar-refractivity contribution in [3.05, 3.63) is 71.8 Å². The molecule has 0 unspecified atom stereocenters. The van der Waals surface area contributed by atoms with Gasteiger partial charge in [0.15, 0.2) is 5.78 Å². The van der Waals surface area contributed by atoms with Crippen molar-refractivity contribution in [1.29, 1.82) is 0 Å². The van der Waals surface area contributed by atoms with Crippen molar-refractivity contribution >= 4 is 11.9 Å². The molecule has 0 aliphatic heterocycles. The Hall–Kier alpha value is -3.01. The predicted octanol–water partition coefficient (Wildman–Crippen LogP) is 5.51. The minimum atomic E-state index is -0.0749. The molecule has 4 heteroatoms. The zero-order valence-electron chi connectivity index (χ0n) is 16.9. The maximum Gasteiger partial charge on any atom is 0.185 e. The molecule has 0 saturated carbocycles. The fourth-order valence-electron chi connectivity index (χ4n) is 2.80. The Kier molecular flexibility index (Phi) is 8.35. The lowest BCUT2D eigenvalue weighted by atomic mass is 10.0. The van der Waals surface area contributed by atoms with Gasteiger partial charge < -0.3 is 14.2 Å². The van der Waals surface area contributed by atoms with Crippen LogP contribution in [0.15, 0.2) is 55.1 Å². The van der Waals surface area contributed by atoms with Crippen LogP contribution in [0.4, 0.5) is 0 Å². The van der Waals surface area contributed by atoms with Crippen LogP contribution in [0.3, 0.4) is 0 Å². The molecule has 0 N–H and O–H groups in total. The van der Waals surface area contributed by atoms with Crippen molar-refractivity contribution in [1.82, 2.24) is 0 Å². The van der Waals surface area contributed by atoms with E-state index in [1.54, 1.807) is 36.4 Å². The number of carbonyl (C=O) groups is 1. The summed E-state index contributed by atoms with van der Waals surface area (Å²) >= 11 is 0. The van der Waals surface area contributed by atoms with Gasteiger partial charge in [0, 0.05) is 11.1 Å². The smallest absolute Gasteiger partial charge is 0.185 e. The van der Waals surface area contributed by atoms with Gasteiger partial charge in [0.05, 0.1) is 19.8 Å². The van der Waals surface area contributed by atoms with Crippen molar-refractivity contribution in [3.8, 4) is 17.2 Å². The van der Waals surface area contributed by atoms with Gasteiger partial charge in [-0.25, -0.2) is 0 Å². The summed E-state index contributed by atoms with van der Waals surface area (Å²) < 4.78 is 17.0. The van der Waals surface area contributed by atoms with Crippen molar-refractivity contribution in [2.75, 3.05) is 19.8 Å². The third kappa shape index (κ3) is 5.74. The zero-order valence-corrected chi connectivity index (χ0v) is 16.9. The topological polar surface area (TPSA) is 44.8 Å². The van der Waals surface area contributed by atoms with E-state index >= 15 is 0 Å². The fraction of sp³-hybridized carbons (Fsp3) is 0.292. The molecular weight excluding hydrogens is 352 g/mol. The van der Waals surface area contributed by atoms with Crippen LogP contribution < -0.4 is 14.2 Å². The van der Waals surface area contributed by atoms with Gasteiger partial charge in [0.1, 0.15) is 17.2 Å². The molecule has 0 aromatic heterocycles. The van der Waals surface area contributed by atoms with Crippen LogP contribution in [0, 0.1) is 0 Å². The molecule has 0 aliphatic rings. The monoisotopic (exact) mass is 380 g/mol. The molecule has 0 radical (unpaired) electrons. The molecular formula is C24H28O4. The van der Waals surface area contributed by atoms with E-state index in [4.69, 9.17) is 14.2 Å². The lowest BCUT2D eigenvalue weighted by Gasteiger charge is -2.15. The fourth-order valence-corrected chi connectivity index (χ4v) is 2.80. The molecule has 0 aliphatic carbocycles. The minimum absolute atomic E-state index is 0.0749. The summed E-state index contributed by atoms with van der Waals surface area (Å²) in [6.45, 7) is 11.3. The Labute approximate surface area is 167 Å². The van der Waals surface area contributed by atoms with Crippen molar-refractivity contribution in [2.45, 2.75) is 27.2 Å². The first kappa shape index (κ1) is 21.3. The Bertz CT molecular complexity index is 792. The van der Waals surface area contributed by atoms with Gasteiger partial charge in [0.25, 0.3) is 0 Å². The first-order chi connectivity index (χ1) is 13.6. The van der Waals surface area contributed by atoms with Crippen LogP contribution >= 0.6 is 0 Å². The second-order valence-electron chi connectivity index (χ2n) is 6.01. The highest BCUT2D eigenvalue weighted by molar-refractivity contribution is 6.06.